The predicted octanol–water partition coefficient (Wildman–Crippen LogP) is 3.35. The number of hydrogen-bond donors (Lipinski definition) is 1. The molecule has 0 fully saturated rings. The second-order valence-electron chi connectivity index (χ2n) is 4.48. The van der Waals surface area contributed by atoms with Gasteiger partial charge in [0.1, 0.15) is 17.2 Å². The number of benzene rings is 2. The minimum atomic E-state index is -0.231. The Morgan fingerprint density at radius 3 is 2.55 bits per heavy atom. The molecular weight excluding hydrogens is 282 g/mol. The van der Waals surface area contributed by atoms with Gasteiger partial charge in [0.2, 0.25) is 0 Å². The number of methoxy groups -OCH3 is 2. The molecule has 2 aromatic carbocycles. The minimum absolute atomic E-state index is 0.231. The van der Waals surface area contributed by atoms with Crippen LogP contribution in [-0.4, -0.2) is 26.7 Å². The summed E-state index contributed by atoms with van der Waals surface area (Å²) in [5.41, 5.74) is 1.10. The first-order valence-electron chi connectivity index (χ1n) is 6.94. The first-order chi connectivity index (χ1) is 10.7. The van der Waals surface area contributed by atoms with Crippen molar-refractivity contribution in [1.82, 2.24) is 0 Å². The number of ether oxygens (including phenoxy) is 3. The van der Waals surface area contributed by atoms with Crippen LogP contribution in [0.3, 0.4) is 0 Å². The van der Waals surface area contributed by atoms with Gasteiger partial charge >= 0.3 is 0 Å². The molecule has 0 atom stereocenters. The maximum atomic E-state index is 12.3. The van der Waals surface area contributed by atoms with Gasteiger partial charge in [0, 0.05) is 11.6 Å². The van der Waals surface area contributed by atoms with E-state index in [2.05, 4.69) is 5.32 Å². The number of amides is 1. The van der Waals surface area contributed by atoms with E-state index < -0.39 is 0 Å². The lowest BCUT2D eigenvalue weighted by molar-refractivity contribution is 0.102. The van der Waals surface area contributed by atoms with Gasteiger partial charge in [0.15, 0.2) is 0 Å². The Hall–Kier alpha value is -2.69. The largest absolute Gasteiger partial charge is 0.497 e. The fourth-order valence-electron chi connectivity index (χ4n) is 1.99. The lowest BCUT2D eigenvalue weighted by Gasteiger charge is -2.12. The summed E-state index contributed by atoms with van der Waals surface area (Å²) in [6, 6.07) is 12.2. The van der Waals surface area contributed by atoms with Gasteiger partial charge < -0.3 is 19.5 Å². The van der Waals surface area contributed by atoms with Gasteiger partial charge in [-0.2, -0.15) is 0 Å². The van der Waals surface area contributed by atoms with Gasteiger partial charge in [-0.25, -0.2) is 0 Å². The maximum absolute atomic E-state index is 12.3. The van der Waals surface area contributed by atoms with Crippen LogP contribution in [-0.2, 0) is 0 Å². The third-order valence-corrected chi connectivity index (χ3v) is 3.06. The molecule has 0 saturated heterocycles. The summed E-state index contributed by atoms with van der Waals surface area (Å²) in [5, 5.41) is 2.82. The van der Waals surface area contributed by atoms with E-state index in [1.54, 1.807) is 50.6 Å². The molecule has 0 heterocycles. The summed E-state index contributed by atoms with van der Waals surface area (Å²) in [6.45, 7) is 2.45. The zero-order valence-electron chi connectivity index (χ0n) is 12.9. The van der Waals surface area contributed by atoms with E-state index in [1.165, 1.54) is 0 Å². The van der Waals surface area contributed by atoms with Crippen LogP contribution < -0.4 is 19.5 Å². The number of carbonyl (C=O) groups excluding carboxylic acids is 1. The fourth-order valence-corrected chi connectivity index (χ4v) is 1.99. The Morgan fingerprint density at radius 2 is 1.86 bits per heavy atom. The molecule has 0 radical (unpaired) electrons. The summed E-state index contributed by atoms with van der Waals surface area (Å²) < 4.78 is 15.8. The van der Waals surface area contributed by atoms with E-state index in [4.69, 9.17) is 14.2 Å². The third-order valence-electron chi connectivity index (χ3n) is 3.06. The summed E-state index contributed by atoms with van der Waals surface area (Å²) in [5.74, 6) is 1.63. The highest BCUT2D eigenvalue weighted by atomic mass is 16.5. The molecule has 0 aliphatic carbocycles. The molecule has 5 nitrogen and oxygen atoms in total. The average Bonchev–Trinajstić information content (AvgIpc) is 2.55. The van der Waals surface area contributed by atoms with Gasteiger partial charge in [-0.3, -0.25) is 4.79 Å². The van der Waals surface area contributed by atoms with Crippen LogP contribution in [0.15, 0.2) is 42.5 Å². The van der Waals surface area contributed by atoms with E-state index in [1.807, 2.05) is 13.0 Å². The second-order valence-corrected chi connectivity index (χ2v) is 4.48. The molecule has 0 bridgehead atoms. The van der Waals surface area contributed by atoms with Crippen molar-refractivity contribution < 1.29 is 19.0 Å². The van der Waals surface area contributed by atoms with Gasteiger partial charge in [0.25, 0.3) is 5.91 Å². The highest BCUT2D eigenvalue weighted by Gasteiger charge is 2.11. The SMILES string of the molecule is CCOc1cccc(C(=O)Nc2ccc(OC)cc2OC)c1. The van der Waals surface area contributed by atoms with Crippen LogP contribution in [0.25, 0.3) is 0 Å². The van der Waals surface area contributed by atoms with E-state index in [0.717, 1.165) is 0 Å². The minimum Gasteiger partial charge on any atom is -0.497 e. The average molecular weight is 301 g/mol. The molecule has 2 aromatic rings. The Bertz CT molecular complexity index is 655. The zero-order chi connectivity index (χ0) is 15.9. The molecule has 22 heavy (non-hydrogen) atoms. The van der Waals surface area contributed by atoms with Gasteiger partial charge in [0.05, 0.1) is 26.5 Å². The monoisotopic (exact) mass is 301 g/mol. The summed E-state index contributed by atoms with van der Waals surface area (Å²) in [6.07, 6.45) is 0. The molecule has 2 rings (SSSR count). The molecule has 116 valence electrons. The van der Waals surface area contributed by atoms with Crippen molar-refractivity contribution >= 4 is 11.6 Å². The summed E-state index contributed by atoms with van der Waals surface area (Å²) >= 11 is 0. The molecule has 0 unspecified atom stereocenters. The van der Waals surface area contributed by atoms with E-state index in [9.17, 15) is 4.79 Å². The van der Waals surface area contributed by atoms with Crippen molar-refractivity contribution in [2.45, 2.75) is 6.92 Å². The van der Waals surface area contributed by atoms with Crippen LogP contribution in [0.1, 0.15) is 17.3 Å². The molecule has 0 aromatic heterocycles. The van der Waals surface area contributed by atoms with Crippen molar-refractivity contribution in [1.29, 1.82) is 0 Å². The zero-order valence-corrected chi connectivity index (χ0v) is 12.9. The van der Waals surface area contributed by atoms with Crippen LogP contribution in [0.5, 0.6) is 17.2 Å². The van der Waals surface area contributed by atoms with E-state index >= 15 is 0 Å². The molecule has 0 aliphatic rings. The lowest BCUT2D eigenvalue weighted by atomic mass is 10.2. The van der Waals surface area contributed by atoms with Crippen molar-refractivity contribution in [3.8, 4) is 17.2 Å². The number of anilines is 1. The maximum Gasteiger partial charge on any atom is 0.255 e. The molecule has 1 amide bonds. The lowest BCUT2D eigenvalue weighted by Crippen LogP contribution is -2.12. The smallest absolute Gasteiger partial charge is 0.255 e. The van der Waals surface area contributed by atoms with Gasteiger partial charge in [-0.05, 0) is 37.3 Å². The third kappa shape index (κ3) is 3.69. The standard InChI is InChI=1S/C17H19NO4/c1-4-22-14-7-5-6-12(10-14)17(19)18-15-9-8-13(20-2)11-16(15)21-3/h5-11H,4H2,1-3H3,(H,18,19). The summed E-state index contributed by atoms with van der Waals surface area (Å²) in [4.78, 5) is 12.3. The molecule has 0 aliphatic heterocycles. The van der Waals surface area contributed by atoms with Crippen LogP contribution in [0, 0.1) is 0 Å². The number of hydrogen-bond acceptors (Lipinski definition) is 4. The first-order valence-corrected chi connectivity index (χ1v) is 6.94. The molecule has 1 N–H and O–H groups in total. The van der Waals surface area contributed by atoms with Crippen LogP contribution >= 0.6 is 0 Å². The molecule has 0 saturated carbocycles. The Kier molecular flexibility index (Phi) is 5.25. The van der Waals surface area contributed by atoms with E-state index in [0.29, 0.717) is 35.1 Å². The number of carbonyl (C=O) groups is 1. The van der Waals surface area contributed by atoms with E-state index in [-0.39, 0.29) is 5.91 Å². The first kappa shape index (κ1) is 15.7. The Balaban J connectivity index is 2.19. The van der Waals surface area contributed by atoms with Crippen molar-refractivity contribution in [3.63, 3.8) is 0 Å². The Morgan fingerprint density at radius 1 is 1.05 bits per heavy atom. The van der Waals surface area contributed by atoms with Gasteiger partial charge in [-0.15, -0.1) is 0 Å². The predicted molar refractivity (Wildman–Crippen MR) is 85.1 cm³/mol. The Labute approximate surface area is 129 Å². The molecular formula is C17H19NO4. The van der Waals surface area contributed by atoms with Crippen molar-refractivity contribution in [2.75, 3.05) is 26.1 Å². The molecule has 0 spiro atoms. The normalized spacial score (nSPS) is 9.95. The van der Waals surface area contributed by atoms with Gasteiger partial charge in [-0.1, -0.05) is 6.07 Å². The van der Waals surface area contributed by atoms with Crippen LogP contribution in [0.2, 0.25) is 0 Å². The highest BCUT2D eigenvalue weighted by Crippen LogP contribution is 2.29. The van der Waals surface area contributed by atoms with Crippen molar-refractivity contribution in [3.05, 3.63) is 48.0 Å². The highest BCUT2D eigenvalue weighted by molar-refractivity contribution is 6.05. The molecule has 5 heteroatoms. The number of rotatable bonds is 6. The van der Waals surface area contributed by atoms with Crippen LogP contribution in [0.4, 0.5) is 5.69 Å². The number of nitrogens with one attached hydrogen (secondary N) is 1. The topological polar surface area (TPSA) is 56.8 Å². The summed E-state index contributed by atoms with van der Waals surface area (Å²) in [7, 11) is 3.12. The quantitative estimate of drug-likeness (QED) is 0.889. The second kappa shape index (κ2) is 7.36. The van der Waals surface area contributed by atoms with Crippen molar-refractivity contribution in [2.24, 2.45) is 0 Å². The fraction of sp³-hybridized carbons (Fsp3) is 0.235.